The van der Waals surface area contributed by atoms with E-state index in [1.165, 1.54) is 0 Å². The Hall–Kier alpha value is -0.660. The number of nitrogens with zero attached hydrogens (tertiary/aromatic N) is 3. The summed E-state index contributed by atoms with van der Waals surface area (Å²) in [6.45, 7) is 1.62. The zero-order valence-electron chi connectivity index (χ0n) is 5.04. The molecule has 0 radical (unpaired) electrons. The Kier molecular flexibility index (Phi) is 1.88. The molecule has 0 atom stereocenters. The van der Waals surface area contributed by atoms with Crippen molar-refractivity contribution >= 4 is 28.4 Å². The first kappa shape index (κ1) is 7.45. The molecule has 1 heterocycles. The van der Waals surface area contributed by atoms with E-state index in [0.29, 0.717) is 9.53 Å². The van der Waals surface area contributed by atoms with Crippen molar-refractivity contribution in [2.24, 2.45) is 0 Å². The summed E-state index contributed by atoms with van der Waals surface area (Å²) in [4.78, 5) is 17.0. The maximum Gasteiger partial charge on any atom is 0.172 e. The van der Waals surface area contributed by atoms with Crippen molar-refractivity contribution in [3.05, 3.63) is 19.6 Å². The summed E-state index contributed by atoms with van der Waals surface area (Å²) in [6, 6.07) is 0. The molecule has 1 aromatic heterocycles. The van der Waals surface area contributed by atoms with Gasteiger partial charge in [-0.15, -0.1) is 0 Å². The summed E-state index contributed by atoms with van der Waals surface area (Å²) < 4.78 is 0.347. The van der Waals surface area contributed by atoms with Gasteiger partial charge in [0, 0.05) is 3.70 Å². The van der Waals surface area contributed by atoms with Gasteiger partial charge in [0.2, 0.25) is 0 Å². The highest BCUT2D eigenvalue weighted by Crippen LogP contribution is 2.14. The zero-order valence-corrected chi connectivity index (χ0v) is 7.19. The lowest BCUT2D eigenvalue weighted by Gasteiger charge is -1.96. The van der Waals surface area contributed by atoms with Gasteiger partial charge in [0.1, 0.15) is 0 Å². The Morgan fingerprint density at radius 2 is 2.40 bits per heavy atom. The Labute approximate surface area is 70.1 Å². The van der Waals surface area contributed by atoms with Gasteiger partial charge in [-0.3, -0.25) is 0 Å². The molecule has 0 saturated carbocycles. The highest BCUT2D eigenvalue weighted by molar-refractivity contribution is 14.1. The summed E-state index contributed by atoms with van der Waals surface area (Å²) in [5, 5.41) is 10.1. The first-order valence-corrected chi connectivity index (χ1v) is 3.50. The van der Waals surface area contributed by atoms with Crippen LogP contribution in [0.3, 0.4) is 0 Å². The predicted octanol–water partition coefficient (Wildman–Crippen LogP) is 0.860. The molecule has 5 nitrogen and oxygen atoms in total. The van der Waals surface area contributed by atoms with Crippen molar-refractivity contribution < 1.29 is 4.92 Å². The largest absolute Gasteiger partial charge is 0.431 e. The number of aromatic nitrogens is 2. The summed E-state index contributed by atoms with van der Waals surface area (Å²) >= 11 is 1.78. The lowest BCUT2D eigenvalue weighted by atomic mass is 10.7. The highest BCUT2D eigenvalue weighted by atomic mass is 127. The van der Waals surface area contributed by atoms with Gasteiger partial charge in [-0.05, 0) is 29.5 Å². The molecule has 0 fully saturated rings. The van der Waals surface area contributed by atoms with E-state index in [4.69, 9.17) is 0 Å². The van der Waals surface area contributed by atoms with Crippen LogP contribution in [0, 0.1) is 20.7 Å². The average molecular weight is 252 g/mol. The molecule has 0 bridgehead atoms. The molecule has 0 amide bonds. The molecule has 0 aliphatic rings. The number of hydrogen-bond acceptors (Lipinski definition) is 3. The van der Waals surface area contributed by atoms with Crippen LogP contribution in [0.5, 0.6) is 0 Å². The lowest BCUT2D eigenvalue weighted by molar-refractivity contribution is -0.390. The second kappa shape index (κ2) is 2.52. The fourth-order valence-corrected chi connectivity index (χ4v) is 1.20. The molecule has 0 spiro atoms. The molecule has 0 aromatic carbocycles. The van der Waals surface area contributed by atoms with Gasteiger partial charge in [-0.25, -0.2) is 0 Å². The summed E-state index contributed by atoms with van der Waals surface area (Å²) in [5.41, 5.74) is 0. The van der Waals surface area contributed by atoms with Crippen molar-refractivity contribution in [3.8, 4) is 0 Å². The minimum Gasteiger partial charge on any atom is -0.431 e. The molecule has 1 rings (SSSR count). The minimum atomic E-state index is -0.540. The Morgan fingerprint density at radius 3 is 2.60 bits per heavy atom. The zero-order chi connectivity index (χ0) is 7.72. The van der Waals surface area contributed by atoms with Crippen molar-refractivity contribution in [2.75, 3.05) is 0 Å². The minimum absolute atomic E-state index is 0.155. The van der Waals surface area contributed by atoms with Crippen molar-refractivity contribution in [1.29, 1.82) is 0 Å². The molecule has 0 aliphatic carbocycles. The summed E-state index contributed by atoms with van der Waals surface area (Å²) in [5.74, 6) is 0.286. The molecule has 0 saturated heterocycles. The third-order valence-electron chi connectivity index (χ3n) is 0.885. The monoisotopic (exact) mass is 252 g/mol. The number of imidazole rings is 1. The fraction of sp³-hybridized carbons (Fsp3) is 0.250. The second-order valence-corrected chi connectivity index (χ2v) is 2.66. The number of rotatable bonds is 1. The number of hydrogen-bond donors (Lipinski definition) is 0. The van der Waals surface area contributed by atoms with E-state index in [0.717, 1.165) is 0 Å². The Bertz CT molecular complexity index is 269. The van der Waals surface area contributed by atoms with E-state index < -0.39 is 4.92 Å². The maximum atomic E-state index is 10.1. The van der Waals surface area contributed by atoms with Crippen LogP contribution >= 0.6 is 22.6 Å². The van der Waals surface area contributed by atoms with Gasteiger partial charge in [-0.2, -0.15) is 0 Å². The highest BCUT2D eigenvalue weighted by Gasteiger charge is 1.98. The smallest absolute Gasteiger partial charge is 0.172 e. The number of aryl methyl sites for hydroxylation is 1. The summed E-state index contributed by atoms with van der Waals surface area (Å²) in [7, 11) is 0. The van der Waals surface area contributed by atoms with Gasteiger partial charge in [0.15, 0.2) is 5.82 Å². The topological polar surface area (TPSA) is 70.1 Å². The van der Waals surface area contributed by atoms with Crippen LogP contribution in [-0.4, -0.2) is 9.91 Å². The molecular weight excluding hydrogens is 249 g/mol. The van der Waals surface area contributed by atoms with Crippen LogP contribution in [0.25, 0.3) is 0 Å². The lowest BCUT2D eigenvalue weighted by Crippen LogP contribution is -1.89. The number of halogens is 1. The van der Waals surface area contributed by atoms with Gasteiger partial charge < -0.3 is 20.1 Å². The molecule has 54 valence electrons. The first-order chi connectivity index (χ1) is 4.61. The van der Waals surface area contributed by atoms with Crippen LogP contribution in [0.15, 0.2) is 0 Å². The van der Waals surface area contributed by atoms with Crippen molar-refractivity contribution in [2.45, 2.75) is 6.92 Å². The fourth-order valence-electron chi connectivity index (χ4n) is 0.533. The van der Waals surface area contributed by atoms with Crippen molar-refractivity contribution in [3.63, 3.8) is 0 Å². The quantitative estimate of drug-likeness (QED) is 0.422. The SMILES string of the molecule is Cc1nc([N+](=O)[O-])c(I)[n-]1. The van der Waals surface area contributed by atoms with E-state index in [2.05, 4.69) is 9.97 Å². The molecular formula is C4H3IN3O2-. The van der Waals surface area contributed by atoms with Crippen LogP contribution in [0.4, 0.5) is 5.82 Å². The van der Waals surface area contributed by atoms with E-state index in [1.807, 2.05) is 0 Å². The normalized spacial score (nSPS) is 9.80. The van der Waals surface area contributed by atoms with E-state index in [-0.39, 0.29) is 5.82 Å². The standard InChI is InChI=1S/C4H3IN3O2/c1-2-6-3(5)4(7-2)8(9)10/h1H3/q-1. The van der Waals surface area contributed by atoms with Gasteiger partial charge in [-0.1, -0.05) is 10.7 Å². The molecule has 0 N–H and O–H groups in total. The summed E-state index contributed by atoms with van der Waals surface area (Å²) in [6.07, 6.45) is 0. The number of nitro groups is 1. The maximum absolute atomic E-state index is 10.1. The molecule has 6 heteroatoms. The van der Waals surface area contributed by atoms with Gasteiger partial charge in [0.05, 0.1) is 0 Å². The van der Waals surface area contributed by atoms with Crippen molar-refractivity contribution in [1.82, 2.24) is 9.97 Å². The molecule has 10 heavy (non-hydrogen) atoms. The van der Waals surface area contributed by atoms with E-state index in [1.54, 1.807) is 29.5 Å². The predicted molar refractivity (Wildman–Crippen MR) is 41.7 cm³/mol. The third kappa shape index (κ3) is 1.25. The molecule has 0 aliphatic heterocycles. The van der Waals surface area contributed by atoms with E-state index in [9.17, 15) is 10.1 Å². The van der Waals surface area contributed by atoms with Crippen LogP contribution < -0.4 is 4.98 Å². The average Bonchev–Trinajstić information content (AvgIpc) is 2.10. The Balaban J connectivity index is 3.15. The van der Waals surface area contributed by atoms with Crippen LogP contribution in [0.1, 0.15) is 5.82 Å². The van der Waals surface area contributed by atoms with Gasteiger partial charge in [0.25, 0.3) is 0 Å². The first-order valence-electron chi connectivity index (χ1n) is 2.42. The van der Waals surface area contributed by atoms with Crippen LogP contribution in [0.2, 0.25) is 0 Å². The molecule has 0 unspecified atom stereocenters. The van der Waals surface area contributed by atoms with Gasteiger partial charge >= 0.3 is 0 Å². The molecule has 1 aromatic rings. The Morgan fingerprint density at radius 1 is 1.80 bits per heavy atom. The van der Waals surface area contributed by atoms with E-state index >= 15 is 0 Å². The second-order valence-electron chi connectivity index (χ2n) is 1.64. The van der Waals surface area contributed by atoms with Crippen LogP contribution in [-0.2, 0) is 0 Å². The third-order valence-corrected chi connectivity index (χ3v) is 1.61.